The summed E-state index contributed by atoms with van der Waals surface area (Å²) in [6, 6.07) is 12.1. The van der Waals surface area contributed by atoms with Crippen LogP contribution in [0.2, 0.25) is 5.02 Å². The first kappa shape index (κ1) is 17.9. The molecule has 0 saturated heterocycles. The first-order valence-corrected chi connectivity index (χ1v) is 9.86. The number of rotatable bonds is 4. The number of halogens is 1. The third-order valence-electron chi connectivity index (χ3n) is 4.72. The molecule has 0 fully saturated rings. The van der Waals surface area contributed by atoms with E-state index in [4.69, 9.17) is 21.3 Å². The number of aromatic nitrogens is 2. The number of methoxy groups -OCH3 is 1. The Morgan fingerprint density at radius 3 is 2.67 bits per heavy atom. The predicted octanol–water partition coefficient (Wildman–Crippen LogP) is 6.32. The first-order valence-electron chi connectivity index (χ1n) is 8.60. The Kier molecular flexibility index (Phi) is 4.58. The van der Waals surface area contributed by atoms with Crippen LogP contribution < -0.4 is 10.1 Å². The SMILES string of the molecule is COc1cc(Cl)cc(C)c1Nc1nc2cccc(-c3sccc3C)c2n1C. The zero-order valence-corrected chi connectivity index (χ0v) is 17.2. The van der Waals surface area contributed by atoms with Crippen LogP contribution in [0.4, 0.5) is 11.6 Å². The van der Waals surface area contributed by atoms with Gasteiger partial charge in [-0.3, -0.25) is 0 Å². The van der Waals surface area contributed by atoms with Gasteiger partial charge in [-0.2, -0.15) is 0 Å². The molecule has 0 aliphatic carbocycles. The van der Waals surface area contributed by atoms with Crippen LogP contribution in [0.5, 0.6) is 5.75 Å². The van der Waals surface area contributed by atoms with E-state index in [9.17, 15) is 0 Å². The van der Waals surface area contributed by atoms with Gasteiger partial charge in [0, 0.05) is 28.6 Å². The molecule has 27 heavy (non-hydrogen) atoms. The Morgan fingerprint density at radius 1 is 1.15 bits per heavy atom. The number of para-hydroxylation sites is 1. The van der Waals surface area contributed by atoms with Gasteiger partial charge in [0.05, 0.1) is 23.8 Å². The fourth-order valence-corrected chi connectivity index (χ4v) is 4.57. The number of ether oxygens (including phenoxy) is 1. The van der Waals surface area contributed by atoms with Gasteiger partial charge in [0.2, 0.25) is 5.95 Å². The number of aryl methyl sites for hydroxylation is 3. The lowest BCUT2D eigenvalue weighted by atomic mass is 10.1. The highest BCUT2D eigenvalue weighted by Gasteiger charge is 2.17. The van der Waals surface area contributed by atoms with Crippen molar-refractivity contribution < 1.29 is 4.74 Å². The van der Waals surface area contributed by atoms with Crippen LogP contribution in [0.3, 0.4) is 0 Å². The summed E-state index contributed by atoms with van der Waals surface area (Å²) < 4.78 is 7.60. The smallest absolute Gasteiger partial charge is 0.208 e. The summed E-state index contributed by atoms with van der Waals surface area (Å²) in [6.45, 7) is 4.14. The minimum Gasteiger partial charge on any atom is -0.495 e. The number of thiophene rings is 1. The summed E-state index contributed by atoms with van der Waals surface area (Å²) in [4.78, 5) is 6.09. The zero-order valence-electron chi connectivity index (χ0n) is 15.6. The van der Waals surface area contributed by atoms with Crippen molar-refractivity contribution in [3.05, 3.63) is 57.9 Å². The van der Waals surface area contributed by atoms with Gasteiger partial charge in [-0.05, 0) is 48.6 Å². The van der Waals surface area contributed by atoms with Gasteiger partial charge < -0.3 is 14.6 Å². The summed E-state index contributed by atoms with van der Waals surface area (Å²) in [7, 11) is 3.67. The van der Waals surface area contributed by atoms with E-state index in [1.807, 2.05) is 26.1 Å². The van der Waals surface area contributed by atoms with Gasteiger partial charge in [0.15, 0.2) is 0 Å². The van der Waals surface area contributed by atoms with Gasteiger partial charge >= 0.3 is 0 Å². The standard InChI is InChI=1S/C21H20ClN3OS/c1-12-8-9-27-20(12)15-6-5-7-16-19(15)25(3)21(23-16)24-18-13(2)10-14(22)11-17(18)26-4/h5-11H,1-4H3,(H,23,24). The van der Waals surface area contributed by atoms with Crippen LogP contribution in [0.1, 0.15) is 11.1 Å². The van der Waals surface area contributed by atoms with E-state index in [1.165, 1.54) is 16.0 Å². The van der Waals surface area contributed by atoms with Gasteiger partial charge in [0.25, 0.3) is 0 Å². The molecule has 6 heteroatoms. The minimum absolute atomic E-state index is 0.648. The molecule has 2 aromatic carbocycles. The van der Waals surface area contributed by atoms with Crippen molar-refractivity contribution in [2.45, 2.75) is 13.8 Å². The maximum atomic E-state index is 6.16. The summed E-state index contributed by atoms with van der Waals surface area (Å²) in [6.07, 6.45) is 0. The Labute approximate surface area is 167 Å². The van der Waals surface area contributed by atoms with Crippen LogP contribution in [-0.2, 0) is 7.05 Å². The average Bonchev–Trinajstić information content (AvgIpc) is 3.20. The molecule has 4 rings (SSSR count). The van der Waals surface area contributed by atoms with Gasteiger partial charge in [-0.15, -0.1) is 11.3 Å². The molecule has 1 N–H and O–H groups in total. The minimum atomic E-state index is 0.648. The Bertz CT molecular complexity index is 1150. The second-order valence-corrected chi connectivity index (χ2v) is 7.88. The number of fused-ring (bicyclic) bond motifs is 1. The lowest BCUT2D eigenvalue weighted by Gasteiger charge is -2.14. The molecule has 2 heterocycles. The van der Waals surface area contributed by atoms with E-state index in [-0.39, 0.29) is 0 Å². The third-order valence-corrected chi connectivity index (χ3v) is 5.99. The highest BCUT2D eigenvalue weighted by atomic mass is 35.5. The van der Waals surface area contributed by atoms with Gasteiger partial charge in [-0.25, -0.2) is 4.98 Å². The molecule has 0 saturated carbocycles. The highest BCUT2D eigenvalue weighted by molar-refractivity contribution is 7.13. The molecule has 2 aromatic heterocycles. The Morgan fingerprint density at radius 2 is 1.96 bits per heavy atom. The normalized spacial score (nSPS) is 11.1. The van der Waals surface area contributed by atoms with Crippen LogP contribution in [0, 0.1) is 13.8 Å². The lowest BCUT2D eigenvalue weighted by Crippen LogP contribution is -2.03. The molecule has 138 valence electrons. The van der Waals surface area contributed by atoms with Crippen molar-refractivity contribution in [1.82, 2.24) is 9.55 Å². The number of anilines is 2. The van der Waals surface area contributed by atoms with Crippen LogP contribution in [0.15, 0.2) is 41.8 Å². The fourth-order valence-electron chi connectivity index (χ4n) is 3.36. The fraction of sp³-hybridized carbons (Fsp3) is 0.190. The van der Waals surface area contributed by atoms with E-state index in [2.05, 4.69) is 40.4 Å². The molecular weight excluding hydrogens is 378 g/mol. The Balaban J connectivity index is 1.86. The van der Waals surface area contributed by atoms with Crippen molar-refractivity contribution in [1.29, 1.82) is 0 Å². The molecule has 0 bridgehead atoms. The topological polar surface area (TPSA) is 39.1 Å². The van der Waals surface area contributed by atoms with Gasteiger partial charge in [0.1, 0.15) is 5.75 Å². The molecule has 4 nitrogen and oxygen atoms in total. The maximum absolute atomic E-state index is 6.16. The van der Waals surface area contributed by atoms with Crippen LogP contribution in [-0.4, -0.2) is 16.7 Å². The number of benzene rings is 2. The third kappa shape index (κ3) is 3.07. The van der Waals surface area contributed by atoms with E-state index in [1.54, 1.807) is 24.5 Å². The number of imidazole rings is 1. The number of hydrogen-bond donors (Lipinski definition) is 1. The van der Waals surface area contributed by atoms with E-state index in [0.29, 0.717) is 10.8 Å². The molecule has 0 radical (unpaired) electrons. The molecule has 4 aromatic rings. The molecule has 0 unspecified atom stereocenters. The van der Waals surface area contributed by atoms with E-state index >= 15 is 0 Å². The largest absolute Gasteiger partial charge is 0.495 e. The van der Waals surface area contributed by atoms with E-state index < -0.39 is 0 Å². The highest BCUT2D eigenvalue weighted by Crippen LogP contribution is 2.38. The molecule has 0 aliphatic rings. The second kappa shape index (κ2) is 6.91. The summed E-state index contributed by atoms with van der Waals surface area (Å²) in [5.74, 6) is 1.46. The molecular formula is C21H20ClN3OS. The Hall–Kier alpha value is -2.50. The summed E-state index contributed by atoms with van der Waals surface area (Å²) in [5, 5.41) is 6.21. The van der Waals surface area contributed by atoms with Gasteiger partial charge in [-0.1, -0.05) is 23.7 Å². The van der Waals surface area contributed by atoms with Crippen molar-refractivity contribution in [3.8, 4) is 16.2 Å². The monoisotopic (exact) mass is 397 g/mol. The lowest BCUT2D eigenvalue weighted by molar-refractivity contribution is 0.416. The predicted molar refractivity (Wildman–Crippen MR) is 115 cm³/mol. The molecule has 0 spiro atoms. The van der Waals surface area contributed by atoms with E-state index in [0.717, 1.165) is 28.2 Å². The average molecular weight is 398 g/mol. The summed E-state index contributed by atoms with van der Waals surface area (Å²) in [5.41, 5.74) is 6.41. The summed E-state index contributed by atoms with van der Waals surface area (Å²) >= 11 is 7.92. The number of nitrogens with zero attached hydrogens (tertiary/aromatic N) is 2. The molecule has 0 atom stereocenters. The van der Waals surface area contributed by atoms with Crippen molar-refractivity contribution in [2.75, 3.05) is 12.4 Å². The van der Waals surface area contributed by atoms with Crippen molar-refractivity contribution in [2.24, 2.45) is 7.05 Å². The molecule has 0 aliphatic heterocycles. The molecule has 0 amide bonds. The maximum Gasteiger partial charge on any atom is 0.208 e. The van der Waals surface area contributed by atoms with Crippen molar-refractivity contribution in [3.63, 3.8) is 0 Å². The zero-order chi connectivity index (χ0) is 19.1. The quantitative estimate of drug-likeness (QED) is 0.437. The second-order valence-electron chi connectivity index (χ2n) is 6.53. The number of hydrogen-bond acceptors (Lipinski definition) is 4. The number of nitrogens with one attached hydrogen (secondary N) is 1. The first-order chi connectivity index (χ1) is 13.0. The van der Waals surface area contributed by atoms with Crippen LogP contribution >= 0.6 is 22.9 Å². The van der Waals surface area contributed by atoms with Crippen molar-refractivity contribution >= 4 is 45.6 Å². The van der Waals surface area contributed by atoms with Crippen LogP contribution in [0.25, 0.3) is 21.5 Å².